The van der Waals surface area contributed by atoms with Crippen molar-refractivity contribution in [2.45, 2.75) is 18.3 Å². The molecule has 6 nitrogen and oxygen atoms in total. The molecule has 2 unspecified atom stereocenters. The third-order valence-electron chi connectivity index (χ3n) is 4.80. The lowest BCUT2D eigenvalue weighted by Crippen LogP contribution is -2.50. The Morgan fingerprint density at radius 2 is 1.83 bits per heavy atom. The van der Waals surface area contributed by atoms with Crippen LogP contribution < -0.4 is 10.6 Å². The number of rotatable bonds is 5. The molecule has 2 aliphatic rings. The van der Waals surface area contributed by atoms with Gasteiger partial charge in [-0.3, -0.25) is 9.69 Å². The summed E-state index contributed by atoms with van der Waals surface area (Å²) >= 11 is 0. The lowest BCUT2D eigenvalue weighted by molar-refractivity contribution is -0.137. The van der Waals surface area contributed by atoms with Crippen LogP contribution in [0.5, 0.6) is 0 Å². The van der Waals surface area contributed by atoms with Crippen LogP contribution in [0.3, 0.4) is 0 Å². The summed E-state index contributed by atoms with van der Waals surface area (Å²) in [5, 5.41) is 5.98. The number of halogens is 5. The molecule has 166 valence electrons. The number of nitrogens with one attached hydrogen (secondary N) is 2. The molecule has 1 amide bonds. The maximum absolute atomic E-state index is 12.8. The second-order valence-corrected chi connectivity index (χ2v) is 6.59. The molecule has 0 saturated carbocycles. The third kappa shape index (κ3) is 7.27. The largest absolute Gasteiger partial charge is 0.416 e. The number of carbonyl (C=O) groups is 1. The topological polar surface area (TPSA) is 62.8 Å². The smallest absolute Gasteiger partial charge is 0.379 e. The summed E-state index contributed by atoms with van der Waals surface area (Å²) in [5.74, 6) is -0.215. The monoisotopic (exact) mass is 459 g/mol. The predicted octanol–water partition coefficient (Wildman–Crippen LogP) is 2.03. The Labute approximate surface area is 180 Å². The van der Waals surface area contributed by atoms with Crippen molar-refractivity contribution in [2.24, 2.45) is 0 Å². The molecule has 2 aliphatic heterocycles. The van der Waals surface area contributed by atoms with E-state index in [2.05, 4.69) is 15.5 Å². The number of hydrogen-bond donors (Lipinski definition) is 2. The van der Waals surface area contributed by atoms with Crippen LogP contribution in [0.1, 0.15) is 17.2 Å². The fourth-order valence-electron chi connectivity index (χ4n) is 3.29. The van der Waals surface area contributed by atoms with E-state index in [-0.39, 0.29) is 36.8 Å². The molecule has 0 aliphatic carbocycles. The van der Waals surface area contributed by atoms with Gasteiger partial charge in [0.1, 0.15) is 6.10 Å². The summed E-state index contributed by atoms with van der Waals surface area (Å²) in [6, 6.07) is 4.90. The Bertz CT molecular complexity index is 623. The Kier molecular flexibility index (Phi) is 10.7. The van der Waals surface area contributed by atoms with E-state index in [0.717, 1.165) is 17.7 Å². The summed E-state index contributed by atoms with van der Waals surface area (Å²) in [6.45, 7) is 4.36. The van der Waals surface area contributed by atoms with E-state index < -0.39 is 17.8 Å². The molecule has 0 radical (unpaired) electrons. The maximum atomic E-state index is 12.8. The minimum atomic E-state index is -4.37. The standard InChI is InChI=1S/C18H24F3N3O3.2ClH/c19-18(20,21)14-3-1-13(2-4-14)15(24-6-9-26-10-7-24)11-23-17(25)16-12-22-5-8-27-16;;/h1-4,15-16,22H,5-12H2,(H,23,25);2*1H. The number of ether oxygens (including phenoxy) is 2. The fraction of sp³-hybridized carbons (Fsp3) is 0.611. The number of alkyl halides is 3. The van der Waals surface area contributed by atoms with E-state index in [1.54, 1.807) is 0 Å². The lowest BCUT2D eigenvalue weighted by Gasteiger charge is -2.35. The van der Waals surface area contributed by atoms with Gasteiger partial charge in [0.15, 0.2) is 0 Å². The van der Waals surface area contributed by atoms with Gasteiger partial charge < -0.3 is 20.1 Å². The van der Waals surface area contributed by atoms with E-state index in [1.165, 1.54) is 12.1 Å². The highest BCUT2D eigenvalue weighted by atomic mass is 35.5. The lowest BCUT2D eigenvalue weighted by atomic mass is 10.0. The van der Waals surface area contributed by atoms with Crippen LogP contribution >= 0.6 is 24.8 Å². The van der Waals surface area contributed by atoms with Crippen LogP contribution in [0, 0.1) is 0 Å². The molecule has 2 N–H and O–H groups in total. The van der Waals surface area contributed by atoms with Gasteiger partial charge in [-0.25, -0.2) is 0 Å². The summed E-state index contributed by atoms with van der Waals surface area (Å²) in [6.07, 6.45) is -4.91. The first kappa shape index (κ1) is 25.9. The van der Waals surface area contributed by atoms with Gasteiger partial charge in [0, 0.05) is 32.7 Å². The van der Waals surface area contributed by atoms with Crippen LogP contribution in [0.15, 0.2) is 24.3 Å². The second kappa shape index (κ2) is 11.9. The highest BCUT2D eigenvalue weighted by molar-refractivity contribution is 5.85. The number of carbonyl (C=O) groups excluding carboxylic acids is 1. The Morgan fingerprint density at radius 1 is 1.17 bits per heavy atom. The van der Waals surface area contributed by atoms with E-state index in [9.17, 15) is 18.0 Å². The summed E-state index contributed by atoms with van der Waals surface area (Å²) in [4.78, 5) is 14.5. The van der Waals surface area contributed by atoms with Gasteiger partial charge in [-0.2, -0.15) is 13.2 Å². The third-order valence-corrected chi connectivity index (χ3v) is 4.80. The van der Waals surface area contributed by atoms with E-state index in [0.29, 0.717) is 52.5 Å². The van der Waals surface area contributed by atoms with Gasteiger partial charge in [0.25, 0.3) is 5.91 Å². The fourth-order valence-corrected chi connectivity index (χ4v) is 3.29. The van der Waals surface area contributed by atoms with Crippen molar-refractivity contribution in [1.29, 1.82) is 0 Å². The zero-order valence-corrected chi connectivity index (χ0v) is 17.4. The molecular formula is C18H26Cl2F3N3O3. The van der Waals surface area contributed by atoms with Gasteiger partial charge in [-0.1, -0.05) is 12.1 Å². The van der Waals surface area contributed by atoms with Crippen molar-refractivity contribution in [1.82, 2.24) is 15.5 Å². The first-order chi connectivity index (χ1) is 12.9. The van der Waals surface area contributed by atoms with Crippen LogP contribution in [0.25, 0.3) is 0 Å². The zero-order chi connectivity index (χ0) is 19.3. The molecule has 2 heterocycles. The quantitative estimate of drug-likeness (QED) is 0.705. The number of nitrogens with zero attached hydrogens (tertiary/aromatic N) is 1. The van der Waals surface area contributed by atoms with Crippen LogP contribution in [-0.2, 0) is 20.4 Å². The first-order valence-corrected chi connectivity index (χ1v) is 9.04. The molecule has 0 aromatic heterocycles. The van der Waals surface area contributed by atoms with Gasteiger partial charge in [-0.05, 0) is 17.7 Å². The van der Waals surface area contributed by atoms with Crippen molar-refractivity contribution < 1.29 is 27.4 Å². The van der Waals surface area contributed by atoms with E-state index >= 15 is 0 Å². The molecule has 2 atom stereocenters. The SMILES string of the molecule is Cl.Cl.O=C(NCC(c1ccc(C(F)(F)F)cc1)N1CCOCC1)C1CNCCO1. The van der Waals surface area contributed by atoms with Crippen molar-refractivity contribution in [3.8, 4) is 0 Å². The van der Waals surface area contributed by atoms with E-state index in [1.807, 2.05) is 0 Å². The van der Waals surface area contributed by atoms with Gasteiger partial charge in [-0.15, -0.1) is 24.8 Å². The molecule has 1 aromatic carbocycles. The number of amides is 1. The van der Waals surface area contributed by atoms with Crippen LogP contribution in [0.4, 0.5) is 13.2 Å². The van der Waals surface area contributed by atoms with E-state index in [4.69, 9.17) is 9.47 Å². The minimum Gasteiger partial charge on any atom is -0.379 e. The molecule has 2 fully saturated rings. The Morgan fingerprint density at radius 3 is 2.38 bits per heavy atom. The molecular weight excluding hydrogens is 434 g/mol. The highest BCUT2D eigenvalue weighted by Gasteiger charge is 2.31. The summed E-state index contributed by atoms with van der Waals surface area (Å²) in [7, 11) is 0. The Hall–Kier alpha value is -1.10. The second-order valence-electron chi connectivity index (χ2n) is 6.59. The molecule has 29 heavy (non-hydrogen) atoms. The minimum absolute atomic E-state index is 0. The molecule has 1 aromatic rings. The molecule has 3 rings (SSSR count). The molecule has 0 spiro atoms. The average molecular weight is 460 g/mol. The van der Waals surface area contributed by atoms with Crippen molar-refractivity contribution in [2.75, 3.05) is 52.5 Å². The van der Waals surface area contributed by atoms with Crippen molar-refractivity contribution >= 4 is 30.7 Å². The van der Waals surface area contributed by atoms with Crippen molar-refractivity contribution in [3.05, 3.63) is 35.4 Å². The summed E-state index contributed by atoms with van der Waals surface area (Å²) in [5.41, 5.74) is 0.0468. The zero-order valence-electron chi connectivity index (χ0n) is 15.7. The average Bonchev–Trinajstić information content (AvgIpc) is 2.69. The van der Waals surface area contributed by atoms with Gasteiger partial charge in [0.2, 0.25) is 0 Å². The van der Waals surface area contributed by atoms with Crippen molar-refractivity contribution in [3.63, 3.8) is 0 Å². The summed E-state index contributed by atoms with van der Waals surface area (Å²) < 4.78 is 49.3. The van der Waals surface area contributed by atoms with Gasteiger partial charge in [0.05, 0.1) is 31.4 Å². The predicted molar refractivity (Wildman–Crippen MR) is 107 cm³/mol. The Balaban J connectivity index is 0.00000210. The first-order valence-electron chi connectivity index (χ1n) is 9.04. The van der Waals surface area contributed by atoms with Crippen LogP contribution in [0.2, 0.25) is 0 Å². The van der Waals surface area contributed by atoms with Crippen LogP contribution in [-0.4, -0.2) is 69.5 Å². The number of morpholine rings is 2. The van der Waals surface area contributed by atoms with Gasteiger partial charge >= 0.3 is 6.18 Å². The highest BCUT2D eigenvalue weighted by Crippen LogP contribution is 2.31. The number of benzene rings is 1. The molecule has 0 bridgehead atoms. The number of hydrogen-bond acceptors (Lipinski definition) is 5. The molecule has 11 heteroatoms. The normalized spacial score (nSPS) is 21.4. The molecule has 2 saturated heterocycles. The maximum Gasteiger partial charge on any atom is 0.416 e.